The number of β-lactam (4-membered cyclic amide) rings is 1. The zero-order valence-corrected chi connectivity index (χ0v) is 25.7. The van der Waals surface area contributed by atoms with Crippen LogP contribution >= 0.6 is 34.7 Å². The molecule has 1 fully saturated rings. The van der Waals surface area contributed by atoms with Crippen molar-refractivity contribution in [2.24, 2.45) is 5.16 Å². The first-order chi connectivity index (χ1) is 20.4. The number of aliphatic carboxylic acids is 2. The van der Waals surface area contributed by atoms with Crippen molar-refractivity contribution >= 4 is 75.0 Å². The number of nitrogen functional groups attached to an aromatic ring is 1. The zero-order valence-electron chi connectivity index (χ0n) is 23.3. The molecule has 0 unspecified atom stereocenters. The molecule has 0 spiro atoms. The molecule has 1 saturated heterocycles. The van der Waals surface area contributed by atoms with Crippen LogP contribution in [0.25, 0.3) is 0 Å². The second-order valence-corrected chi connectivity index (χ2v) is 12.3. The van der Waals surface area contributed by atoms with E-state index in [0.717, 1.165) is 35.0 Å². The summed E-state index contributed by atoms with van der Waals surface area (Å²) in [4.78, 5) is 61.8. The van der Waals surface area contributed by atoms with Crippen LogP contribution in [0.3, 0.4) is 0 Å². The number of nitrogens with one attached hydrogen (secondary N) is 2. The van der Waals surface area contributed by atoms with Crippen molar-refractivity contribution in [1.29, 1.82) is 0 Å². The van der Waals surface area contributed by atoms with Gasteiger partial charge in [0.15, 0.2) is 29.8 Å². The fourth-order valence-corrected chi connectivity index (χ4v) is 6.54. The van der Waals surface area contributed by atoms with Gasteiger partial charge in [-0.1, -0.05) is 28.1 Å². The summed E-state index contributed by atoms with van der Waals surface area (Å²) in [6, 6.07) is 2.71. The molecule has 0 aromatic carbocycles. The number of carboxylic acid groups (broad SMARTS) is 2. The summed E-state index contributed by atoms with van der Waals surface area (Å²) < 4.78 is 1.80. The van der Waals surface area contributed by atoms with Crippen molar-refractivity contribution < 1.29 is 38.8 Å². The van der Waals surface area contributed by atoms with E-state index in [4.69, 9.17) is 27.3 Å². The maximum Gasteiger partial charge on any atom is 0.347 e. The molecule has 43 heavy (non-hydrogen) atoms. The Bertz CT molecular complexity index is 1480. The number of carboxylic acids is 2. The molecular weight excluding hydrogens is 624 g/mol. The van der Waals surface area contributed by atoms with E-state index in [1.807, 2.05) is 43.2 Å². The molecule has 2 amide bonds. The van der Waals surface area contributed by atoms with Crippen molar-refractivity contribution in [2.45, 2.75) is 31.0 Å². The summed E-state index contributed by atoms with van der Waals surface area (Å²) >= 11 is 8.28. The number of halogens is 1. The number of nitrogens with zero attached hydrogens (tertiary/aromatic N) is 5. The van der Waals surface area contributed by atoms with Crippen molar-refractivity contribution in [3.63, 3.8) is 0 Å². The fraction of sp³-hybridized carbons (Fsp3) is 0.400. The van der Waals surface area contributed by atoms with Crippen LogP contribution in [0.15, 0.2) is 41.0 Å². The average Bonchev–Trinajstić information content (AvgIpc) is 3.31. The van der Waals surface area contributed by atoms with Crippen molar-refractivity contribution in [3.05, 3.63) is 45.8 Å². The Hall–Kier alpha value is -3.93. The predicted molar refractivity (Wildman–Crippen MR) is 157 cm³/mol. The van der Waals surface area contributed by atoms with Crippen LogP contribution in [0.4, 0.5) is 10.8 Å². The number of amides is 2. The molecule has 2 aromatic rings. The Labute approximate surface area is 259 Å². The molecule has 15 nitrogen and oxygen atoms in total. The normalized spacial score (nSPS) is 18.9. The van der Waals surface area contributed by atoms with E-state index in [1.165, 1.54) is 18.7 Å². The second kappa shape index (κ2) is 13.6. The lowest BCUT2D eigenvalue weighted by molar-refractivity contribution is -0.689. The number of pyridine rings is 1. The summed E-state index contributed by atoms with van der Waals surface area (Å²) in [6.07, 6.45) is 2.25. The molecule has 3 atom stereocenters. The maximum atomic E-state index is 13.2. The SMILES string of the molecule is CNCCN(C)c1cc[n+](CC2=C(C(=O)[O-])N3C(=O)[C@@H](NC(=O)/C(=N\O[C@@H](C)C(=O)O)c4nc(N)sc4Cl)[C@H]3SC2)cc1. The molecule has 0 bridgehead atoms. The van der Waals surface area contributed by atoms with Crippen LogP contribution in [0, 0.1) is 0 Å². The van der Waals surface area contributed by atoms with Crippen LogP contribution < -0.4 is 30.9 Å². The molecule has 2 aliphatic rings. The third-order valence-electron chi connectivity index (χ3n) is 6.60. The van der Waals surface area contributed by atoms with E-state index >= 15 is 0 Å². The molecule has 4 heterocycles. The highest BCUT2D eigenvalue weighted by Crippen LogP contribution is 2.40. The van der Waals surface area contributed by atoms with Gasteiger partial charge < -0.3 is 41.1 Å². The topological polar surface area (TPSA) is 206 Å². The number of oxime groups is 1. The number of carbonyl (C=O) groups is 4. The minimum absolute atomic E-state index is 0.00598. The fourth-order valence-electron chi connectivity index (χ4n) is 4.27. The van der Waals surface area contributed by atoms with E-state index in [2.05, 4.69) is 25.7 Å². The number of aromatic nitrogens is 2. The van der Waals surface area contributed by atoms with Gasteiger partial charge in [-0.25, -0.2) is 14.3 Å². The number of thiazole rings is 1. The lowest BCUT2D eigenvalue weighted by Crippen LogP contribution is -2.71. The monoisotopic (exact) mass is 652 g/mol. The summed E-state index contributed by atoms with van der Waals surface area (Å²) in [5, 5.41) is 29.8. The van der Waals surface area contributed by atoms with Gasteiger partial charge in [-0.3, -0.25) is 14.5 Å². The molecular formula is C25H29ClN8O7S2. The van der Waals surface area contributed by atoms with Crippen molar-refractivity contribution in [2.75, 3.05) is 43.6 Å². The molecule has 18 heteroatoms. The number of thioether (sulfide) groups is 1. The minimum atomic E-state index is -1.51. The molecule has 4 rings (SSSR count). The zero-order chi connectivity index (χ0) is 31.4. The maximum absolute atomic E-state index is 13.2. The van der Waals surface area contributed by atoms with Crippen LogP contribution in [0.1, 0.15) is 12.6 Å². The lowest BCUT2D eigenvalue weighted by atomic mass is 10.0. The number of anilines is 2. The van der Waals surface area contributed by atoms with Crippen LogP contribution in [0.5, 0.6) is 0 Å². The Balaban J connectivity index is 1.51. The summed E-state index contributed by atoms with van der Waals surface area (Å²) in [5.74, 6) is -4.19. The van der Waals surface area contributed by atoms with Crippen LogP contribution in [0.2, 0.25) is 4.34 Å². The minimum Gasteiger partial charge on any atom is -0.543 e. The molecule has 0 saturated carbocycles. The Kier molecular flexibility index (Phi) is 10.1. The van der Waals surface area contributed by atoms with Gasteiger partial charge in [0.1, 0.15) is 21.4 Å². The van der Waals surface area contributed by atoms with E-state index < -0.39 is 47.0 Å². The third kappa shape index (κ3) is 7.01. The number of nitrogens with two attached hydrogens (primary N) is 1. The van der Waals surface area contributed by atoms with Gasteiger partial charge in [-0.05, 0) is 14.0 Å². The molecule has 5 N–H and O–H groups in total. The summed E-state index contributed by atoms with van der Waals surface area (Å²) in [5.41, 5.74) is 6.25. The van der Waals surface area contributed by atoms with E-state index in [0.29, 0.717) is 5.57 Å². The third-order valence-corrected chi connectivity index (χ3v) is 9.03. The first-order valence-corrected chi connectivity index (χ1v) is 15.1. The first kappa shape index (κ1) is 32.0. The first-order valence-electron chi connectivity index (χ1n) is 12.9. The number of carbonyl (C=O) groups excluding carboxylic acids is 3. The van der Waals surface area contributed by atoms with E-state index in [1.54, 1.807) is 0 Å². The van der Waals surface area contributed by atoms with Crippen molar-refractivity contribution in [3.8, 4) is 0 Å². The lowest BCUT2D eigenvalue weighted by Gasteiger charge is -2.50. The second-order valence-electron chi connectivity index (χ2n) is 9.55. The number of likely N-dealkylation sites (N-methyl/N-ethyl adjacent to an activating group) is 2. The Morgan fingerprint density at radius 1 is 1.40 bits per heavy atom. The van der Waals surface area contributed by atoms with Gasteiger partial charge >= 0.3 is 5.97 Å². The number of fused-ring (bicyclic) bond motifs is 1. The highest BCUT2D eigenvalue weighted by Gasteiger charge is 2.53. The Morgan fingerprint density at radius 2 is 2.09 bits per heavy atom. The van der Waals surface area contributed by atoms with Gasteiger partial charge in [-0.15, -0.1) is 11.8 Å². The Morgan fingerprint density at radius 3 is 2.67 bits per heavy atom. The van der Waals surface area contributed by atoms with Gasteiger partial charge in [0, 0.05) is 49.3 Å². The summed E-state index contributed by atoms with van der Waals surface area (Å²) in [6.45, 7) is 3.03. The number of hydrogen-bond donors (Lipinski definition) is 4. The number of hydrogen-bond acceptors (Lipinski definition) is 13. The average molecular weight is 653 g/mol. The molecule has 230 valence electrons. The van der Waals surface area contributed by atoms with Crippen LogP contribution in [-0.2, 0) is 30.6 Å². The molecule has 0 radical (unpaired) electrons. The molecule has 2 aromatic heterocycles. The van der Waals surface area contributed by atoms with Crippen molar-refractivity contribution in [1.82, 2.24) is 20.5 Å². The van der Waals surface area contributed by atoms with Gasteiger partial charge in [0.05, 0.1) is 11.7 Å². The smallest absolute Gasteiger partial charge is 0.347 e. The van der Waals surface area contributed by atoms with Crippen LogP contribution in [-0.4, -0.2) is 94.9 Å². The largest absolute Gasteiger partial charge is 0.543 e. The van der Waals surface area contributed by atoms with Gasteiger partial charge in [0.25, 0.3) is 11.8 Å². The van der Waals surface area contributed by atoms with E-state index in [9.17, 15) is 24.3 Å². The highest BCUT2D eigenvalue weighted by atomic mass is 35.5. The molecule has 0 aliphatic carbocycles. The quantitative estimate of drug-likeness (QED) is 0.0855. The predicted octanol–water partition coefficient (Wildman–Crippen LogP) is -1.38. The standard InChI is InChI=1S/C25H29ClN8O7S2/c1-12(23(37)38)41-31-16(15-19(26)43-25(27)30-15)20(35)29-17-21(36)34-18(24(39)40)13(11-42-22(17)34)10-33-7-4-14(5-8-33)32(3)9-6-28-2/h4-5,7-8,12,17,22,28H,6,9-11H2,1-3H3,(H4-,27,29,30,35,37,38,39,40)/b31-16-/t12-,17+,22+/m0/s1. The van der Waals surface area contributed by atoms with Gasteiger partial charge in [-0.2, -0.15) is 0 Å². The summed E-state index contributed by atoms with van der Waals surface area (Å²) in [7, 11) is 3.85. The highest BCUT2D eigenvalue weighted by molar-refractivity contribution is 8.00. The van der Waals surface area contributed by atoms with E-state index in [-0.39, 0.29) is 33.2 Å². The number of rotatable bonds is 13. The van der Waals surface area contributed by atoms with Gasteiger partial charge in [0.2, 0.25) is 6.10 Å². The molecule has 2 aliphatic heterocycles.